The molecule has 37 heavy (non-hydrogen) atoms. The van der Waals surface area contributed by atoms with Crippen molar-refractivity contribution in [2.45, 2.75) is 26.3 Å². The van der Waals surface area contributed by atoms with Crippen molar-refractivity contribution in [1.82, 2.24) is 4.98 Å². The molecule has 1 unspecified atom stereocenters. The maximum absolute atomic E-state index is 14.3. The van der Waals surface area contributed by atoms with E-state index in [0.717, 1.165) is 21.4 Å². The first-order valence-electron chi connectivity index (χ1n) is 11.9. The first-order chi connectivity index (χ1) is 17.7. The molecule has 2 aliphatic heterocycles. The second kappa shape index (κ2) is 7.14. The third kappa shape index (κ3) is 2.60. The highest BCUT2D eigenvalue weighted by Gasteiger charge is 2.65. The van der Waals surface area contributed by atoms with Crippen LogP contribution < -0.4 is 15.2 Å². The van der Waals surface area contributed by atoms with Crippen molar-refractivity contribution in [3.05, 3.63) is 98.4 Å². The molecule has 1 atom stereocenters. The number of thiazole rings is 1. The molecule has 2 amide bonds. The lowest BCUT2D eigenvalue weighted by Crippen LogP contribution is -2.53. The Morgan fingerprint density at radius 2 is 1.70 bits per heavy atom. The topological polar surface area (TPSA) is 83.7 Å². The summed E-state index contributed by atoms with van der Waals surface area (Å²) in [5.41, 5.74) is 3.10. The van der Waals surface area contributed by atoms with E-state index in [-0.39, 0.29) is 16.8 Å². The molecule has 182 valence electrons. The van der Waals surface area contributed by atoms with E-state index in [0.29, 0.717) is 32.9 Å². The normalized spacial score (nSPS) is 18.5. The zero-order valence-corrected chi connectivity index (χ0v) is 21.4. The Hall–Kier alpha value is -4.30. The van der Waals surface area contributed by atoms with Gasteiger partial charge >= 0.3 is 0 Å². The van der Waals surface area contributed by atoms with Gasteiger partial charge in [0, 0.05) is 18.3 Å². The van der Waals surface area contributed by atoms with Crippen LogP contribution in [-0.2, 0) is 10.3 Å². The fourth-order valence-electron chi connectivity index (χ4n) is 5.64. The quantitative estimate of drug-likeness (QED) is 0.311. The summed E-state index contributed by atoms with van der Waals surface area (Å²) in [6, 6.07) is 16.6. The predicted octanol–water partition coefficient (Wildman–Crippen LogP) is 5.21. The first kappa shape index (κ1) is 21.9. The molecule has 2 aliphatic rings. The average molecular weight is 508 g/mol. The molecular weight excluding hydrogens is 486 g/mol. The molecule has 0 aliphatic carbocycles. The summed E-state index contributed by atoms with van der Waals surface area (Å²) in [5, 5.41) is 0.682. The van der Waals surface area contributed by atoms with E-state index in [1.54, 1.807) is 25.2 Å². The highest BCUT2D eigenvalue weighted by molar-refractivity contribution is 7.22. The number of nitrogens with zero attached hydrogens (tertiary/aromatic N) is 3. The van der Waals surface area contributed by atoms with E-state index in [4.69, 9.17) is 9.40 Å². The van der Waals surface area contributed by atoms with Gasteiger partial charge in [-0.05, 0) is 67.8 Å². The molecule has 0 saturated heterocycles. The Balaban J connectivity index is 1.64. The van der Waals surface area contributed by atoms with Gasteiger partial charge in [0.1, 0.15) is 5.58 Å². The lowest BCUT2D eigenvalue weighted by atomic mass is 9.84. The van der Waals surface area contributed by atoms with Crippen molar-refractivity contribution in [3.8, 4) is 0 Å². The van der Waals surface area contributed by atoms with Gasteiger partial charge in [0.2, 0.25) is 5.76 Å². The number of hydrogen-bond donors (Lipinski definition) is 0. The number of rotatable bonds is 1. The number of hydrogen-bond acceptors (Lipinski definition) is 6. The molecule has 8 heteroatoms. The van der Waals surface area contributed by atoms with Crippen LogP contribution in [0.2, 0.25) is 0 Å². The number of fused-ring (bicyclic) bond motifs is 6. The van der Waals surface area contributed by atoms with Crippen molar-refractivity contribution < 1.29 is 14.0 Å². The Bertz CT molecular complexity index is 1920. The number of para-hydroxylation sites is 1. The van der Waals surface area contributed by atoms with Crippen molar-refractivity contribution in [2.75, 3.05) is 16.8 Å². The van der Waals surface area contributed by atoms with Crippen LogP contribution in [0.5, 0.6) is 0 Å². The van der Waals surface area contributed by atoms with Crippen LogP contribution in [0.1, 0.15) is 38.4 Å². The summed E-state index contributed by atoms with van der Waals surface area (Å²) in [5.74, 6) is -1.07. The minimum Gasteiger partial charge on any atom is -0.450 e. The first-order valence-corrected chi connectivity index (χ1v) is 12.7. The van der Waals surface area contributed by atoms with E-state index >= 15 is 0 Å². The maximum atomic E-state index is 14.3. The van der Waals surface area contributed by atoms with E-state index in [2.05, 4.69) is 0 Å². The molecule has 0 N–H and O–H groups in total. The lowest BCUT2D eigenvalue weighted by Gasteiger charge is -2.31. The Kier molecular flexibility index (Phi) is 4.23. The zero-order chi connectivity index (χ0) is 25.8. The number of aromatic nitrogens is 1. The molecule has 7 rings (SSSR count). The Labute approximate surface area is 215 Å². The van der Waals surface area contributed by atoms with Gasteiger partial charge in [-0.3, -0.25) is 19.3 Å². The average Bonchev–Trinajstić information content (AvgIpc) is 3.47. The van der Waals surface area contributed by atoms with Gasteiger partial charge in [-0.1, -0.05) is 35.6 Å². The molecule has 1 spiro atoms. The van der Waals surface area contributed by atoms with Crippen LogP contribution in [-0.4, -0.2) is 23.8 Å². The summed E-state index contributed by atoms with van der Waals surface area (Å²) < 4.78 is 7.06. The molecule has 0 bridgehead atoms. The van der Waals surface area contributed by atoms with Gasteiger partial charge in [-0.25, -0.2) is 4.98 Å². The van der Waals surface area contributed by atoms with Crippen molar-refractivity contribution in [1.29, 1.82) is 0 Å². The van der Waals surface area contributed by atoms with Crippen LogP contribution in [0, 0.1) is 20.8 Å². The minimum atomic E-state index is -1.71. The highest BCUT2D eigenvalue weighted by Crippen LogP contribution is 2.54. The predicted molar refractivity (Wildman–Crippen MR) is 144 cm³/mol. The Morgan fingerprint density at radius 3 is 2.51 bits per heavy atom. The number of likely N-dealkylation sites (N-methyl/N-ethyl adjacent to an activating group) is 1. The second-order valence-electron chi connectivity index (χ2n) is 9.77. The number of anilines is 2. The summed E-state index contributed by atoms with van der Waals surface area (Å²) >= 11 is 1.32. The molecular formula is C29H21N3O4S. The molecule has 2 aromatic heterocycles. The number of aryl methyl sites for hydroxylation is 3. The molecule has 0 fully saturated rings. The fourth-order valence-corrected chi connectivity index (χ4v) is 6.75. The summed E-state index contributed by atoms with van der Waals surface area (Å²) in [6.45, 7) is 5.83. The number of carbonyl (C=O) groups excluding carboxylic acids is 2. The minimum absolute atomic E-state index is 0.0467. The van der Waals surface area contributed by atoms with Gasteiger partial charge in [-0.2, -0.15) is 0 Å². The molecule has 5 aromatic rings. The molecule has 7 nitrogen and oxygen atoms in total. The van der Waals surface area contributed by atoms with Crippen LogP contribution in [0.15, 0.2) is 63.8 Å². The van der Waals surface area contributed by atoms with E-state index in [1.807, 2.05) is 57.2 Å². The monoisotopic (exact) mass is 507 g/mol. The fraction of sp³-hybridized carbons (Fsp3) is 0.172. The number of amides is 2. The largest absolute Gasteiger partial charge is 0.450 e. The second-order valence-corrected chi connectivity index (χ2v) is 10.8. The van der Waals surface area contributed by atoms with E-state index < -0.39 is 17.4 Å². The third-order valence-corrected chi connectivity index (χ3v) is 8.60. The summed E-state index contributed by atoms with van der Waals surface area (Å²) in [6.07, 6.45) is 0. The van der Waals surface area contributed by atoms with Crippen LogP contribution in [0.3, 0.4) is 0 Å². The molecule has 4 heterocycles. The van der Waals surface area contributed by atoms with Gasteiger partial charge < -0.3 is 9.32 Å². The molecule has 3 aromatic carbocycles. The zero-order valence-electron chi connectivity index (χ0n) is 20.6. The van der Waals surface area contributed by atoms with E-state index in [9.17, 15) is 14.4 Å². The standard InChI is InChI=1S/C29H21N3O4S/c1-14-9-10-19-22(11-14)37-28(30-19)32-26(34)25-23(24(33)17-12-15(2)16(3)13-21(17)36-25)29(32)18-7-5-6-8-20(18)31(4)27(29)35/h5-13H,1-4H3. The van der Waals surface area contributed by atoms with Gasteiger partial charge in [0.05, 0.1) is 21.2 Å². The van der Waals surface area contributed by atoms with Crippen LogP contribution in [0.4, 0.5) is 10.8 Å². The summed E-state index contributed by atoms with van der Waals surface area (Å²) in [4.78, 5) is 50.4. The smallest absolute Gasteiger partial charge is 0.297 e. The molecule has 0 saturated carbocycles. The SMILES string of the molecule is Cc1ccc2nc(N3C(=O)c4oc5cc(C)c(C)cc5c(=O)c4C34C(=O)N(C)c3ccccc34)sc2c1. The van der Waals surface area contributed by atoms with E-state index in [1.165, 1.54) is 21.1 Å². The van der Waals surface area contributed by atoms with Crippen molar-refractivity contribution >= 4 is 55.2 Å². The van der Waals surface area contributed by atoms with Gasteiger partial charge in [0.25, 0.3) is 11.8 Å². The van der Waals surface area contributed by atoms with Crippen molar-refractivity contribution in [3.63, 3.8) is 0 Å². The molecule has 0 radical (unpaired) electrons. The van der Waals surface area contributed by atoms with Crippen LogP contribution in [0.25, 0.3) is 21.2 Å². The Morgan fingerprint density at radius 1 is 0.946 bits per heavy atom. The highest BCUT2D eigenvalue weighted by atomic mass is 32.1. The lowest BCUT2D eigenvalue weighted by molar-refractivity contribution is -0.121. The van der Waals surface area contributed by atoms with Gasteiger partial charge in [-0.15, -0.1) is 0 Å². The van der Waals surface area contributed by atoms with Crippen LogP contribution >= 0.6 is 11.3 Å². The maximum Gasteiger partial charge on any atom is 0.297 e. The van der Waals surface area contributed by atoms with Crippen molar-refractivity contribution in [2.24, 2.45) is 0 Å². The number of carbonyl (C=O) groups is 2. The summed E-state index contributed by atoms with van der Waals surface area (Å²) in [7, 11) is 1.66. The number of benzene rings is 3. The van der Waals surface area contributed by atoms with Gasteiger partial charge in [0.15, 0.2) is 16.1 Å². The third-order valence-electron chi connectivity index (χ3n) is 7.59.